The molecule has 1 unspecified atom stereocenters. The highest BCUT2D eigenvalue weighted by Gasteiger charge is 2.36. The van der Waals surface area contributed by atoms with Gasteiger partial charge in [-0.3, -0.25) is 4.79 Å². The minimum Gasteiger partial charge on any atom is -0.491 e. The number of nitrogens with zero attached hydrogens (tertiary/aromatic N) is 3. The van der Waals surface area contributed by atoms with Gasteiger partial charge in [0.1, 0.15) is 5.75 Å². The Hall–Kier alpha value is -2.86. The third-order valence-corrected chi connectivity index (χ3v) is 5.10. The van der Waals surface area contributed by atoms with Crippen LogP contribution < -0.4 is 9.64 Å². The molecular formula is C22H22ClN3O3. The molecule has 7 heteroatoms. The minimum absolute atomic E-state index is 0.00399. The van der Waals surface area contributed by atoms with E-state index in [0.29, 0.717) is 35.4 Å². The fraction of sp³-hybridized carbons (Fsp3) is 0.318. The standard InChI is InChI=1S/C22H22ClN3O3/c1-13(2)28-17-7-5-15(6-8-17)21-24-22(29-25-21)16-11-20(27)26(12-16)19-9-4-14(3)10-18(19)23/h4-10,13,16H,11-12H2,1-3H3. The second-order valence-electron chi connectivity index (χ2n) is 7.51. The largest absolute Gasteiger partial charge is 0.491 e. The van der Waals surface area contributed by atoms with Crippen LogP contribution in [0.2, 0.25) is 5.02 Å². The summed E-state index contributed by atoms with van der Waals surface area (Å²) in [7, 11) is 0. The summed E-state index contributed by atoms with van der Waals surface area (Å²) in [4.78, 5) is 18.8. The summed E-state index contributed by atoms with van der Waals surface area (Å²) in [6.07, 6.45) is 0.426. The van der Waals surface area contributed by atoms with Crippen molar-refractivity contribution in [2.75, 3.05) is 11.4 Å². The molecule has 2 heterocycles. The maximum Gasteiger partial charge on any atom is 0.232 e. The van der Waals surface area contributed by atoms with E-state index in [1.807, 2.05) is 63.2 Å². The zero-order valence-corrected chi connectivity index (χ0v) is 17.3. The number of aryl methyl sites for hydroxylation is 1. The van der Waals surface area contributed by atoms with Gasteiger partial charge in [0.15, 0.2) is 0 Å². The van der Waals surface area contributed by atoms with Crippen molar-refractivity contribution in [3.8, 4) is 17.1 Å². The van der Waals surface area contributed by atoms with E-state index in [-0.39, 0.29) is 17.9 Å². The summed E-state index contributed by atoms with van der Waals surface area (Å²) >= 11 is 6.34. The Balaban J connectivity index is 1.50. The summed E-state index contributed by atoms with van der Waals surface area (Å²) in [6, 6.07) is 13.2. The third-order valence-electron chi connectivity index (χ3n) is 4.79. The Morgan fingerprint density at radius 1 is 1.21 bits per heavy atom. The first-order valence-electron chi connectivity index (χ1n) is 9.58. The molecule has 0 aliphatic carbocycles. The molecule has 0 saturated carbocycles. The Labute approximate surface area is 174 Å². The molecule has 0 spiro atoms. The van der Waals surface area contributed by atoms with Gasteiger partial charge in [-0.1, -0.05) is 22.8 Å². The van der Waals surface area contributed by atoms with E-state index < -0.39 is 0 Å². The highest BCUT2D eigenvalue weighted by molar-refractivity contribution is 6.34. The van der Waals surface area contributed by atoms with Crippen molar-refractivity contribution in [3.05, 3.63) is 58.9 Å². The molecule has 1 atom stereocenters. The van der Waals surface area contributed by atoms with Gasteiger partial charge in [0.05, 0.1) is 22.7 Å². The zero-order valence-electron chi connectivity index (χ0n) is 16.6. The van der Waals surface area contributed by atoms with Crippen molar-refractivity contribution in [1.82, 2.24) is 10.1 Å². The quantitative estimate of drug-likeness (QED) is 0.590. The van der Waals surface area contributed by atoms with Gasteiger partial charge < -0.3 is 14.2 Å². The van der Waals surface area contributed by atoms with Crippen LogP contribution in [0.25, 0.3) is 11.4 Å². The van der Waals surface area contributed by atoms with E-state index in [4.69, 9.17) is 20.9 Å². The Kier molecular flexibility index (Phi) is 5.28. The fourth-order valence-electron chi connectivity index (χ4n) is 3.41. The molecule has 150 valence electrons. The van der Waals surface area contributed by atoms with E-state index in [1.165, 1.54) is 0 Å². The van der Waals surface area contributed by atoms with Crippen molar-refractivity contribution in [2.45, 2.75) is 39.2 Å². The fourth-order valence-corrected chi connectivity index (χ4v) is 3.75. The molecule has 1 aromatic heterocycles. The molecule has 29 heavy (non-hydrogen) atoms. The van der Waals surface area contributed by atoms with Crippen LogP contribution in [0.1, 0.15) is 37.6 Å². The van der Waals surface area contributed by atoms with Crippen LogP contribution in [-0.4, -0.2) is 28.7 Å². The number of halogens is 1. The van der Waals surface area contributed by atoms with Crippen LogP contribution in [0.15, 0.2) is 47.0 Å². The maximum absolute atomic E-state index is 12.6. The molecule has 1 aliphatic heterocycles. The van der Waals surface area contributed by atoms with E-state index in [0.717, 1.165) is 16.9 Å². The second-order valence-corrected chi connectivity index (χ2v) is 7.91. The van der Waals surface area contributed by atoms with Crippen LogP contribution in [0.3, 0.4) is 0 Å². The SMILES string of the molecule is Cc1ccc(N2CC(c3nc(-c4ccc(OC(C)C)cc4)no3)CC2=O)c(Cl)c1. The van der Waals surface area contributed by atoms with Crippen LogP contribution in [0.4, 0.5) is 5.69 Å². The second kappa shape index (κ2) is 7.87. The highest BCUT2D eigenvalue weighted by Crippen LogP contribution is 2.35. The summed E-state index contributed by atoms with van der Waals surface area (Å²) in [6.45, 7) is 6.39. The molecule has 0 radical (unpaired) electrons. The van der Waals surface area contributed by atoms with Gasteiger partial charge in [-0.05, 0) is 62.7 Å². The molecule has 1 fully saturated rings. The number of anilines is 1. The van der Waals surface area contributed by atoms with Gasteiger partial charge in [-0.15, -0.1) is 0 Å². The predicted molar refractivity (Wildman–Crippen MR) is 111 cm³/mol. The molecule has 2 aromatic carbocycles. The molecule has 1 aliphatic rings. The van der Waals surface area contributed by atoms with E-state index in [1.54, 1.807) is 4.90 Å². The number of hydrogen-bond acceptors (Lipinski definition) is 5. The lowest BCUT2D eigenvalue weighted by Gasteiger charge is -2.18. The number of rotatable bonds is 5. The monoisotopic (exact) mass is 411 g/mol. The van der Waals surface area contributed by atoms with Crippen molar-refractivity contribution in [1.29, 1.82) is 0 Å². The smallest absolute Gasteiger partial charge is 0.232 e. The molecule has 6 nitrogen and oxygen atoms in total. The van der Waals surface area contributed by atoms with Crippen molar-refractivity contribution < 1.29 is 14.1 Å². The lowest BCUT2D eigenvalue weighted by atomic mass is 10.1. The number of amides is 1. The summed E-state index contributed by atoms with van der Waals surface area (Å²) < 4.78 is 11.1. The Morgan fingerprint density at radius 3 is 2.66 bits per heavy atom. The number of ether oxygens (including phenoxy) is 1. The third kappa shape index (κ3) is 4.12. The maximum atomic E-state index is 12.6. The molecule has 0 bridgehead atoms. The molecule has 3 aromatic rings. The Bertz CT molecular complexity index is 1030. The number of carbonyl (C=O) groups is 1. The zero-order chi connectivity index (χ0) is 20.5. The molecule has 4 rings (SSSR count). The summed E-state index contributed by atoms with van der Waals surface area (Å²) in [5.74, 6) is 1.58. The normalized spacial score (nSPS) is 16.7. The van der Waals surface area contributed by atoms with Gasteiger partial charge in [-0.25, -0.2) is 0 Å². The topological polar surface area (TPSA) is 68.5 Å². The number of aromatic nitrogens is 2. The summed E-state index contributed by atoms with van der Waals surface area (Å²) in [5, 5.41) is 4.65. The van der Waals surface area contributed by atoms with Crippen LogP contribution in [-0.2, 0) is 4.79 Å². The number of carbonyl (C=O) groups excluding carboxylic acids is 1. The van der Waals surface area contributed by atoms with E-state index in [2.05, 4.69) is 10.1 Å². The van der Waals surface area contributed by atoms with Gasteiger partial charge in [0.2, 0.25) is 17.6 Å². The number of hydrogen-bond donors (Lipinski definition) is 0. The molecular weight excluding hydrogens is 390 g/mol. The number of benzene rings is 2. The van der Waals surface area contributed by atoms with E-state index >= 15 is 0 Å². The van der Waals surface area contributed by atoms with Crippen molar-refractivity contribution in [2.24, 2.45) is 0 Å². The van der Waals surface area contributed by atoms with Gasteiger partial charge >= 0.3 is 0 Å². The van der Waals surface area contributed by atoms with Crippen LogP contribution >= 0.6 is 11.6 Å². The predicted octanol–water partition coefficient (Wildman–Crippen LogP) is 5.01. The van der Waals surface area contributed by atoms with E-state index in [9.17, 15) is 4.79 Å². The lowest BCUT2D eigenvalue weighted by Crippen LogP contribution is -2.24. The average Bonchev–Trinajstić information content (AvgIpc) is 3.29. The molecule has 1 amide bonds. The average molecular weight is 412 g/mol. The first-order valence-corrected chi connectivity index (χ1v) is 9.95. The first kappa shape index (κ1) is 19.5. The van der Waals surface area contributed by atoms with Gasteiger partial charge in [-0.2, -0.15) is 4.98 Å². The first-order chi connectivity index (χ1) is 13.9. The molecule has 1 saturated heterocycles. The van der Waals surface area contributed by atoms with Gasteiger partial charge in [0, 0.05) is 18.5 Å². The van der Waals surface area contributed by atoms with Crippen molar-refractivity contribution >= 4 is 23.2 Å². The highest BCUT2D eigenvalue weighted by atomic mass is 35.5. The van der Waals surface area contributed by atoms with Crippen LogP contribution in [0, 0.1) is 6.92 Å². The minimum atomic E-state index is -0.162. The van der Waals surface area contributed by atoms with Crippen LogP contribution in [0.5, 0.6) is 5.75 Å². The molecule has 0 N–H and O–H groups in total. The van der Waals surface area contributed by atoms with Gasteiger partial charge in [0.25, 0.3) is 0 Å². The van der Waals surface area contributed by atoms with Crippen molar-refractivity contribution in [3.63, 3.8) is 0 Å². The Morgan fingerprint density at radius 2 is 1.97 bits per heavy atom. The lowest BCUT2D eigenvalue weighted by molar-refractivity contribution is -0.117. The summed E-state index contributed by atoms with van der Waals surface area (Å²) in [5.41, 5.74) is 2.59.